The minimum atomic E-state index is -0.438. The normalized spacial score (nSPS) is 13.3. The van der Waals surface area contributed by atoms with Crippen molar-refractivity contribution < 1.29 is 14.3 Å². The summed E-state index contributed by atoms with van der Waals surface area (Å²) in [4.78, 5) is 25.5. The standard InChI is InChI=1S/C16H11Cl3N2O3/c17-9-1-4-14-13(5-9)21(8-16(23)24-14)7-15(22)20-10-2-3-11(18)12(19)6-10/h1-6H,7-8H2,(H,20,22). The Morgan fingerprint density at radius 1 is 1.12 bits per heavy atom. The van der Waals surface area contributed by atoms with Crippen LogP contribution >= 0.6 is 34.8 Å². The largest absolute Gasteiger partial charge is 0.423 e. The number of nitrogens with one attached hydrogen (secondary N) is 1. The van der Waals surface area contributed by atoms with Crippen LogP contribution in [-0.2, 0) is 9.59 Å². The van der Waals surface area contributed by atoms with Crippen LogP contribution in [0.5, 0.6) is 5.75 Å². The number of benzene rings is 2. The Balaban J connectivity index is 1.76. The maximum absolute atomic E-state index is 12.3. The Morgan fingerprint density at radius 2 is 1.92 bits per heavy atom. The van der Waals surface area contributed by atoms with Crippen molar-refractivity contribution in [3.05, 3.63) is 51.5 Å². The van der Waals surface area contributed by atoms with Gasteiger partial charge in [0.05, 0.1) is 22.3 Å². The van der Waals surface area contributed by atoms with Gasteiger partial charge < -0.3 is 15.0 Å². The highest BCUT2D eigenvalue weighted by atomic mass is 35.5. The van der Waals surface area contributed by atoms with E-state index in [0.717, 1.165) is 0 Å². The molecule has 2 aromatic carbocycles. The van der Waals surface area contributed by atoms with Gasteiger partial charge in [-0.2, -0.15) is 0 Å². The predicted octanol–water partition coefficient (Wildman–Crippen LogP) is 4.01. The number of nitrogens with zero attached hydrogens (tertiary/aromatic N) is 1. The van der Waals surface area contributed by atoms with E-state index in [-0.39, 0.29) is 19.0 Å². The minimum absolute atomic E-state index is 0.0390. The molecule has 0 bridgehead atoms. The van der Waals surface area contributed by atoms with Crippen molar-refractivity contribution in [1.82, 2.24) is 0 Å². The van der Waals surface area contributed by atoms with Gasteiger partial charge in [0, 0.05) is 10.7 Å². The molecule has 1 N–H and O–H groups in total. The van der Waals surface area contributed by atoms with Gasteiger partial charge in [-0.05, 0) is 36.4 Å². The fourth-order valence-corrected chi connectivity index (χ4v) is 2.77. The van der Waals surface area contributed by atoms with Crippen LogP contribution in [0.4, 0.5) is 11.4 Å². The van der Waals surface area contributed by atoms with Crippen LogP contribution in [0.1, 0.15) is 0 Å². The summed E-state index contributed by atoms with van der Waals surface area (Å²) >= 11 is 17.7. The lowest BCUT2D eigenvalue weighted by atomic mass is 10.2. The number of ether oxygens (including phenoxy) is 1. The second kappa shape index (κ2) is 6.89. The van der Waals surface area contributed by atoms with Crippen LogP contribution in [0, 0.1) is 0 Å². The number of anilines is 2. The molecule has 0 aliphatic carbocycles. The molecular formula is C16H11Cl3N2O3. The Morgan fingerprint density at radius 3 is 2.67 bits per heavy atom. The van der Waals surface area contributed by atoms with Gasteiger partial charge in [-0.15, -0.1) is 0 Å². The fourth-order valence-electron chi connectivity index (χ4n) is 2.31. The third-order valence-corrected chi connectivity index (χ3v) is 4.32. The van der Waals surface area contributed by atoms with Crippen molar-refractivity contribution in [2.75, 3.05) is 23.3 Å². The summed E-state index contributed by atoms with van der Waals surface area (Å²) in [5.74, 6) is -0.376. The quantitative estimate of drug-likeness (QED) is 0.640. The third-order valence-electron chi connectivity index (χ3n) is 3.34. The highest BCUT2D eigenvalue weighted by Crippen LogP contribution is 2.34. The maximum Gasteiger partial charge on any atom is 0.331 e. The summed E-state index contributed by atoms with van der Waals surface area (Å²) < 4.78 is 5.14. The average Bonchev–Trinajstić information content (AvgIpc) is 2.51. The molecule has 0 fully saturated rings. The topological polar surface area (TPSA) is 58.6 Å². The first-order chi connectivity index (χ1) is 11.4. The average molecular weight is 386 g/mol. The number of hydrogen-bond donors (Lipinski definition) is 1. The predicted molar refractivity (Wildman–Crippen MR) is 94.4 cm³/mol. The number of esters is 1. The van der Waals surface area contributed by atoms with E-state index in [4.69, 9.17) is 39.5 Å². The molecule has 1 aliphatic heterocycles. The highest BCUT2D eigenvalue weighted by molar-refractivity contribution is 6.42. The van der Waals surface area contributed by atoms with E-state index in [1.54, 1.807) is 41.3 Å². The van der Waals surface area contributed by atoms with Gasteiger partial charge >= 0.3 is 5.97 Å². The van der Waals surface area contributed by atoms with Crippen molar-refractivity contribution in [2.45, 2.75) is 0 Å². The molecule has 5 nitrogen and oxygen atoms in total. The zero-order valence-electron chi connectivity index (χ0n) is 12.2. The molecule has 0 saturated heterocycles. The summed E-state index contributed by atoms with van der Waals surface area (Å²) in [7, 11) is 0. The van der Waals surface area contributed by atoms with E-state index >= 15 is 0 Å². The molecule has 0 radical (unpaired) electrons. The molecule has 0 spiro atoms. The van der Waals surface area contributed by atoms with Gasteiger partial charge in [0.1, 0.15) is 6.54 Å². The zero-order valence-corrected chi connectivity index (χ0v) is 14.5. The van der Waals surface area contributed by atoms with Crippen molar-refractivity contribution in [1.29, 1.82) is 0 Å². The van der Waals surface area contributed by atoms with E-state index < -0.39 is 5.97 Å². The highest BCUT2D eigenvalue weighted by Gasteiger charge is 2.26. The second-order valence-electron chi connectivity index (χ2n) is 5.12. The molecule has 1 heterocycles. The van der Waals surface area contributed by atoms with Crippen LogP contribution in [0.3, 0.4) is 0 Å². The molecule has 2 aromatic rings. The monoisotopic (exact) mass is 384 g/mol. The second-order valence-corrected chi connectivity index (χ2v) is 6.37. The van der Waals surface area contributed by atoms with Crippen molar-refractivity contribution in [3.63, 3.8) is 0 Å². The molecule has 3 rings (SSSR count). The van der Waals surface area contributed by atoms with Crippen molar-refractivity contribution in [3.8, 4) is 5.75 Å². The SMILES string of the molecule is O=C(CN1CC(=O)Oc2ccc(Cl)cc21)Nc1ccc(Cl)c(Cl)c1. The van der Waals surface area contributed by atoms with Gasteiger partial charge in [0.2, 0.25) is 5.91 Å². The van der Waals surface area contributed by atoms with Crippen LogP contribution in [0.25, 0.3) is 0 Å². The van der Waals surface area contributed by atoms with Crippen molar-refractivity contribution >= 4 is 58.1 Å². The molecule has 0 saturated carbocycles. The Labute approximate surface area is 153 Å². The first kappa shape index (κ1) is 16.9. The van der Waals surface area contributed by atoms with Crippen LogP contribution in [0.2, 0.25) is 15.1 Å². The lowest BCUT2D eigenvalue weighted by molar-refractivity contribution is -0.133. The molecule has 0 atom stereocenters. The molecular weight excluding hydrogens is 375 g/mol. The minimum Gasteiger partial charge on any atom is -0.423 e. The van der Waals surface area contributed by atoms with E-state index in [1.807, 2.05) is 0 Å². The summed E-state index contributed by atoms with van der Waals surface area (Å²) in [5.41, 5.74) is 1.10. The third kappa shape index (κ3) is 3.75. The van der Waals surface area contributed by atoms with E-state index in [2.05, 4.69) is 5.32 Å². The molecule has 0 unspecified atom stereocenters. The number of amides is 1. The molecule has 1 aliphatic rings. The smallest absolute Gasteiger partial charge is 0.331 e. The molecule has 8 heteroatoms. The number of halogens is 3. The summed E-state index contributed by atoms with van der Waals surface area (Å²) in [6, 6.07) is 9.65. The first-order valence-corrected chi connectivity index (χ1v) is 8.06. The Hall–Kier alpha value is -1.95. The number of rotatable bonds is 3. The van der Waals surface area contributed by atoms with E-state index in [9.17, 15) is 9.59 Å². The Kier molecular flexibility index (Phi) is 4.85. The van der Waals surface area contributed by atoms with Crippen LogP contribution < -0.4 is 15.0 Å². The lowest BCUT2D eigenvalue weighted by Crippen LogP contribution is -2.41. The Bertz CT molecular complexity index is 826. The van der Waals surface area contributed by atoms with Crippen molar-refractivity contribution in [2.24, 2.45) is 0 Å². The van der Waals surface area contributed by atoms with Crippen LogP contribution in [-0.4, -0.2) is 25.0 Å². The number of hydrogen-bond acceptors (Lipinski definition) is 4. The zero-order chi connectivity index (χ0) is 17.3. The van der Waals surface area contributed by atoms with E-state index in [1.165, 1.54) is 0 Å². The van der Waals surface area contributed by atoms with Crippen LogP contribution in [0.15, 0.2) is 36.4 Å². The van der Waals surface area contributed by atoms with Gasteiger partial charge in [0.15, 0.2) is 5.75 Å². The summed E-state index contributed by atoms with van der Waals surface area (Å²) in [6.07, 6.45) is 0. The molecule has 1 amide bonds. The first-order valence-electron chi connectivity index (χ1n) is 6.92. The maximum atomic E-state index is 12.3. The van der Waals surface area contributed by atoms with Gasteiger partial charge in [-0.3, -0.25) is 4.79 Å². The van der Waals surface area contributed by atoms with Gasteiger partial charge in [0.25, 0.3) is 0 Å². The molecule has 0 aromatic heterocycles. The lowest BCUT2D eigenvalue weighted by Gasteiger charge is -2.29. The fraction of sp³-hybridized carbons (Fsp3) is 0.125. The van der Waals surface area contributed by atoms with E-state index in [0.29, 0.717) is 32.2 Å². The molecule has 124 valence electrons. The summed E-state index contributed by atoms with van der Waals surface area (Å²) in [6.45, 7) is -0.0785. The summed E-state index contributed by atoms with van der Waals surface area (Å²) in [5, 5.41) is 3.94. The molecule has 24 heavy (non-hydrogen) atoms. The van der Waals surface area contributed by atoms with Gasteiger partial charge in [-0.1, -0.05) is 34.8 Å². The number of fused-ring (bicyclic) bond motifs is 1. The number of carbonyl (C=O) groups is 2. The number of carbonyl (C=O) groups excluding carboxylic acids is 2. The van der Waals surface area contributed by atoms with Gasteiger partial charge in [-0.25, -0.2) is 4.79 Å².